The van der Waals surface area contributed by atoms with Crippen LogP contribution in [0.3, 0.4) is 0 Å². The number of rotatable bonds is 7. The summed E-state index contributed by atoms with van der Waals surface area (Å²) in [6, 6.07) is 10.1. The third-order valence-electron chi connectivity index (χ3n) is 5.37. The fourth-order valence-corrected chi connectivity index (χ4v) is 3.67. The van der Waals surface area contributed by atoms with Gasteiger partial charge in [0.1, 0.15) is 11.5 Å². The molecule has 0 N–H and O–H groups in total. The maximum atomic E-state index is 5.95. The van der Waals surface area contributed by atoms with Crippen molar-refractivity contribution < 1.29 is 9.47 Å². The Morgan fingerprint density at radius 1 is 1.03 bits per heavy atom. The van der Waals surface area contributed by atoms with Crippen molar-refractivity contribution in [2.75, 3.05) is 37.8 Å². The maximum absolute atomic E-state index is 5.95. The molecule has 1 fully saturated rings. The SMILES string of the molecule is Cc1cccc(-c2ccn(-c3cc(N4CCOCC4)nc(OCCc4cnn(C)c4)n3)n2)n1. The molecule has 5 heterocycles. The first kappa shape index (κ1) is 21.1. The molecule has 0 saturated carbocycles. The van der Waals surface area contributed by atoms with Crippen molar-refractivity contribution in [2.45, 2.75) is 13.3 Å². The van der Waals surface area contributed by atoms with E-state index in [2.05, 4.69) is 25.0 Å². The van der Waals surface area contributed by atoms with Gasteiger partial charge in [0.2, 0.25) is 0 Å². The zero-order valence-electron chi connectivity index (χ0n) is 18.8. The molecule has 33 heavy (non-hydrogen) atoms. The molecule has 0 unspecified atom stereocenters. The maximum Gasteiger partial charge on any atom is 0.320 e. The number of pyridine rings is 1. The van der Waals surface area contributed by atoms with Gasteiger partial charge in [-0.25, -0.2) is 4.68 Å². The van der Waals surface area contributed by atoms with Gasteiger partial charge in [-0.05, 0) is 30.7 Å². The molecule has 1 saturated heterocycles. The molecule has 0 spiro atoms. The molecule has 0 aromatic carbocycles. The van der Waals surface area contributed by atoms with Crippen LogP contribution < -0.4 is 9.64 Å². The summed E-state index contributed by atoms with van der Waals surface area (Å²) < 4.78 is 15.0. The molecule has 0 radical (unpaired) electrons. The first-order chi connectivity index (χ1) is 16.1. The Kier molecular flexibility index (Phi) is 5.99. The Morgan fingerprint density at radius 3 is 2.67 bits per heavy atom. The van der Waals surface area contributed by atoms with Crippen molar-refractivity contribution in [3.05, 3.63) is 60.2 Å². The van der Waals surface area contributed by atoms with Gasteiger partial charge in [0, 0.05) is 50.7 Å². The Bertz CT molecular complexity index is 1230. The first-order valence-electron chi connectivity index (χ1n) is 11.0. The van der Waals surface area contributed by atoms with Crippen molar-refractivity contribution in [1.29, 1.82) is 0 Å². The number of aryl methyl sites for hydroxylation is 2. The summed E-state index contributed by atoms with van der Waals surface area (Å²) in [4.78, 5) is 16.0. The van der Waals surface area contributed by atoms with E-state index in [9.17, 15) is 0 Å². The lowest BCUT2D eigenvalue weighted by Gasteiger charge is -2.28. The zero-order chi connectivity index (χ0) is 22.6. The second kappa shape index (κ2) is 9.37. The van der Waals surface area contributed by atoms with E-state index >= 15 is 0 Å². The van der Waals surface area contributed by atoms with Gasteiger partial charge in [-0.3, -0.25) is 9.67 Å². The normalized spacial score (nSPS) is 13.9. The third-order valence-corrected chi connectivity index (χ3v) is 5.37. The van der Waals surface area contributed by atoms with Gasteiger partial charge in [0.05, 0.1) is 31.7 Å². The zero-order valence-corrected chi connectivity index (χ0v) is 18.8. The summed E-state index contributed by atoms with van der Waals surface area (Å²) in [5, 5.41) is 8.90. The smallest absolute Gasteiger partial charge is 0.320 e. The Labute approximate surface area is 191 Å². The number of hydrogen-bond donors (Lipinski definition) is 0. The molecule has 1 aliphatic rings. The van der Waals surface area contributed by atoms with Crippen LogP contribution in [0.4, 0.5) is 5.82 Å². The van der Waals surface area contributed by atoms with Crippen molar-refractivity contribution >= 4 is 5.82 Å². The van der Waals surface area contributed by atoms with Crippen LogP contribution in [0.15, 0.2) is 48.9 Å². The van der Waals surface area contributed by atoms with Crippen LogP contribution in [0, 0.1) is 6.92 Å². The van der Waals surface area contributed by atoms with E-state index in [0.29, 0.717) is 31.6 Å². The van der Waals surface area contributed by atoms with Gasteiger partial charge in [0.25, 0.3) is 0 Å². The Hall–Kier alpha value is -3.79. The molecule has 0 atom stereocenters. The molecule has 5 rings (SSSR count). The molecule has 0 amide bonds. The molecule has 170 valence electrons. The molecular formula is C23H26N8O2. The predicted octanol–water partition coefficient (Wildman–Crippen LogP) is 2.22. The topological polar surface area (TPSA) is 96.0 Å². The molecule has 0 aliphatic carbocycles. The molecular weight excluding hydrogens is 420 g/mol. The van der Waals surface area contributed by atoms with E-state index in [1.807, 2.05) is 62.9 Å². The summed E-state index contributed by atoms with van der Waals surface area (Å²) >= 11 is 0. The highest BCUT2D eigenvalue weighted by molar-refractivity contribution is 5.54. The van der Waals surface area contributed by atoms with Crippen LogP contribution in [0.2, 0.25) is 0 Å². The molecule has 4 aromatic rings. The van der Waals surface area contributed by atoms with Crippen LogP contribution in [-0.2, 0) is 18.2 Å². The summed E-state index contributed by atoms with van der Waals surface area (Å²) in [5.41, 5.74) is 3.65. The second-order valence-corrected chi connectivity index (χ2v) is 7.90. The van der Waals surface area contributed by atoms with Crippen molar-refractivity contribution in [2.24, 2.45) is 7.05 Å². The van der Waals surface area contributed by atoms with Gasteiger partial charge in [-0.2, -0.15) is 20.2 Å². The van der Waals surface area contributed by atoms with Crippen molar-refractivity contribution in [1.82, 2.24) is 34.5 Å². The lowest BCUT2D eigenvalue weighted by Crippen LogP contribution is -2.37. The highest BCUT2D eigenvalue weighted by Crippen LogP contribution is 2.22. The second-order valence-electron chi connectivity index (χ2n) is 7.90. The number of hydrogen-bond acceptors (Lipinski definition) is 8. The largest absolute Gasteiger partial charge is 0.463 e. The number of aromatic nitrogens is 7. The van der Waals surface area contributed by atoms with Crippen LogP contribution in [0.5, 0.6) is 6.01 Å². The third kappa shape index (κ3) is 5.01. The molecule has 4 aromatic heterocycles. The van der Waals surface area contributed by atoms with E-state index in [1.165, 1.54) is 0 Å². The van der Waals surface area contributed by atoms with Crippen LogP contribution >= 0.6 is 0 Å². The highest BCUT2D eigenvalue weighted by atomic mass is 16.5. The summed E-state index contributed by atoms with van der Waals surface area (Å²) in [5.74, 6) is 1.44. The lowest BCUT2D eigenvalue weighted by molar-refractivity contribution is 0.122. The minimum absolute atomic E-state index is 0.323. The molecule has 10 nitrogen and oxygen atoms in total. The van der Waals surface area contributed by atoms with E-state index in [1.54, 1.807) is 9.36 Å². The summed E-state index contributed by atoms with van der Waals surface area (Å²) in [7, 11) is 1.90. The van der Waals surface area contributed by atoms with Crippen LogP contribution in [0.1, 0.15) is 11.3 Å². The van der Waals surface area contributed by atoms with Gasteiger partial charge in [-0.1, -0.05) is 6.07 Å². The highest BCUT2D eigenvalue weighted by Gasteiger charge is 2.17. The minimum atomic E-state index is 0.323. The molecule has 1 aliphatic heterocycles. The molecule has 10 heteroatoms. The van der Waals surface area contributed by atoms with Crippen LogP contribution in [0.25, 0.3) is 17.2 Å². The minimum Gasteiger partial charge on any atom is -0.463 e. The standard InChI is InChI=1S/C23H26N8O2/c1-17-4-3-5-19(25-17)20-6-8-31(28-20)22-14-21(30-9-12-32-13-10-30)26-23(27-22)33-11-7-18-15-24-29(2)16-18/h3-6,8,14-16H,7,9-13H2,1-2H3. The van der Waals surface area contributed by atoms with Gasteiger partial charge in [-0.15, -0.1) is 0 Å². The van der Waals surface area contributed by atoms with Gasteiger partial charge >= 0.3 is 6.01 Å². The quantitative estimate of drug-likeness (QED) is 0.426. The van der Waals surface area contributed by atoms with E-state index in [-0.39, 0.29) is 0 Å². The van der Waals surface area contributed by atoms with Crippen molar-refractivity contribution in [3.8, 4) is 23.2 Å². The lowest BCUT2D eigenvalue weighted by atomic mass is 10.2. The van der Waals surface area contributed by atoms with E-state index in [4.69, 9.17) is 14.6 Å². The van der Waals surface area contributed by atoms with Crippen molar-refractivity contribution in [3.63, 3.8) is 0 Å². The van der Waals surface area contributed by atoms with Gasteiger partial charge in [0.15, 0.2) is 5.82 Å². The van der Waals surface area contributed by atoms with E-state index < -0.39 is 0 Å². The fraction of sp³-hybridized carbons (Fsp3) is 0.348. The van der Waals surface area contributed by atoms with Crippen LogP contribution in [-0.4, -0.2) is 67.4 Å². The molecule has 0 bridgehead atoms. The number of nitrogens with zero attached hydrogens (tertiary/aromatic N) is 8. The monoisotopic (exact) mass is 446 g/mol. The summed E-state index contributed by atoms with van der Waals surface area (Å²) in [6.45, 7) is 5.29. The summed E-state index contributed by atoms with van der Waals surface area (Å²) in [6.07, 6.45) is 6.41. The fourth-order valence-electron chi connectivity index (χ4n) is 3.67. The number of anilines is 1. The van der Waals surface area contributed by atoms with Gasteiger partial charge < -0.3 is 14.4 Å². The Balaban J connectivity index is 1.41. The Morgan fingerprint density at radius 2 is 1.88 bits per heavy atom. The number of morpholine rings is 1. The predicted molar refractivity (Wildman–Crippen MR) is 123 cm³/mol. The average Bonchev–Trinajstić information content (AvgIpc) is 3.49. The number of ether oxygens (including phenoxy) is 2. The first-order valence-corrected chi connectivity index (χ1v) is 11.0. The average molecular weight is 447 g/mol. The van der Waals surface area contributed by atoms with E-state index in [0.717, 1.165) is 48.0 Å².